The largest absolute Gasteiger partial charge is 0.379 e. The molecule has 6 nitrogen and oxygen atoms in total. The molecule has 0 aromatic heterocycles. The molecule has 0 aromatic carbocycles. The van der Waals surface area contributed by atoms with Crippen molar-refractivity contribution in [2.24, 2.45) is 4.99 Å². The molecular formula is C14H26N4O2. The van der Waals surface area contributed by atoms with Crippen molar-refractivity contribution in [2.75, 3.05) is 46.4 Å². The van der Waals surface area contributed by atoms with E-state index in [9.17, 15) is 0 Å². The molecule has 0 saturated carbocycles. The minimum Gasteiger partial charge on any atom is -0.379 e. The molecule has 3 atom stereocenters. The molecule has 0 aromatic rings. The van der Waals surface area contributed by atoms with E-state index in [2.05, 4.69) is 20.5 Å². The molecule has 2 N–H and O–H groups in total. The predicted molar refractivity (Wildman–Crippen MR) is 78.1 cm³/mol. The first-order valence-electron chi connectivity index (χ1n) is 7.78. The number of fused-ring (bicyclic) bond motifs is 2. The molecule has 0 spiro atoms. The van der Waals surface area contributed by atoms with Crippen molar-refractivity contribution in [2.45, 2.75) is 37.5 Å². The molecule has 3 unspecified atom stereocenters. The van der Waals surface area contributed by atoms with Crippen LogP contribution in [0.2, 0.25) is 0 Å². The smallest absolute Gasteiger partial charge is 0.191 e. The standard InChI is InChI=1S/C14H26N4O2/c1-15-14(16-4-5-18-6-8-19-9-7-18)17-12-10-11-2-3-13(12)20-11/h11-13H,2-10H2,1H3,(H2,15,16,17). The summed E-state index contributed by atoms with van der Waals surface area (Å²) in [6, 6.07) is 0.434. The van der Waals surface area contributed by atoms with Gasteiger partial charge in [-0.25, -0.2) is 0 Å². The number of ether oxygens (including phenoxy) is 2. The van der Waals surface area contributed by atoms with E-state index in [1.54, 1.807) is 0 Å². The van der Waals surface area contributed by atoms with Crippen molar-refractivity contribution in [1.82, 2.24) is 15.5 Å². The van der Waals surface area contributed by atoms with Gasteiger partial charge in [0, 0.05) is 33.2 Å². The Bertz CT molecular complexity index is 344. The lowest BCUT2D eigenvalue weighted by molar-refractivity contribution is 0.0389. The van der Waals surface area contributed by atoms with Gasteiger partial charge in [-0.1, -0.05) is 0 Å². The number of nitrogens with one attached hydrogen (secondary N) is 2. The fraction of sp³-hybridized carbons (Fsp3) is 0.929. The van der Waals surface area contributed by atoms with Gasteiger partial charge in [0.25, 0.3) is 0 Å². The van der Waals surface area contributed by atoms with E-state index < -0.39 is 0 Å². The van der Waals surface area contributed by atoms with Gasteiger partial charge in [0.1, 0.15) is 0 Å². The van der Waals surface area contributed by atoms with Crippen molar-refractivity contribution in [3.63, 3.8) is 0 Å². The van der Waals surface area contributed by atoms with Gasteiger partial charge in [-0.2, -0.15) is 0 Å². The zero-order valence-corrected chi connectivity index (χ0v) is 12.3. The number of morpholine rings is 1. The molecule has 3 fully saturated rings. The second-order valence-electron chi connectivity index (χ2n) is 5.81. The fourth-order valence-corrected chi connectivity index (χ4v) is 3.32. The molecule has 114 valence electrons. The van der Waals surface area contributed by atoms with E-state index >= 15 is 0 Å². The number of nitrogens with zero attached hydrogens (tertiary/aromatic N) is 2. The highest BCUT2D eigenvalue weighted by Gasteiger charge is 2.41. The van der Waals surface area contributed by atoms with Crippen molar-refractivity contribution >= 4 is 5.96 Å². The van der Waals surface area contributed by atoms with E-state index in [0.29, 0.717) is 18.2 Å². The lowest BCUT2D eigenvalue weighted by Gasteiger charge is -2.27. The lowest BCUT2D eigenvalue weighted by atomic mass is 9.96. The van der Waals surface area contributed by atoms with E-state index in [-0.39, 0.29) is 0 Å². The quantitative estimate of drug-likeness (QED) is 0.553. The Morgan fingerprint density at radius 2 is 2.15 bits per heavy atom. The number of aliphatic imine (C=N–C) groups is 1. The highest BCUT2D eigenvalue weighted by molar-refractivity contribution is 5.80. The third-order valence-corrected chi connectivity index (χ3v) is 4.48. The van der Waals surface area contributed by atoms with Crippen molar-refractivity contribution in [3.8, 4) is 0 Å². The second-order valence-corrected chi connectivity index (χ2v) is 5.81. The summed E-state index contributed by atoms with van der Waals surface area (Å²) < 4.78 is 11.2. The highest BCUT2D eigenvalue weighted by atomic mass is 16.5. The zero-order valence-electron chi connectivity index (χ0n) is 12.3. The van der Waals surface area contributed by atoms with Crippen LogP contribution >= 0.6 is 0 Å². The number of rotatable bonds is 4. The zero-order chi connectivity index (χ0) is 13.8. The van der Waals surface area contributed by atoms with Gasteiger partial charge < -0.3 is 20.1 Å². The third kappa shape index (κ3) is 3.42. The van der Waals surface area contributed by atoms with Crippen molar-refractivity contribution in [1.29, 1.82) is 0 Å². The van der Waals surface area contributed by atoms with Crippen LogP contribution in [0.3, 0.4) is 0 Å². The summed E-state index contributed by atoms with van der Waals surface area (Å²) in [5, 5.41) is 6.91. The molecule has 20 heavy (non-hydrogen) atoms. The Kier molecular flexibility index (Phi) is 4.75. The SMILES string of the molecule is CN=C(NCCN1CCOCC1)NC1CC2CCC1O2. The van der Waals surface area contributed by atoms with Gasteiger partial charge in [0.15, 0.2) is 5.96 Å². The van der Waals surface area contributed by atoms with Crippen LogP contribution < -0.4 is 10.6 Å². The maximum Gasteiger partial charge on any atom is 0.191 e. The summed E-state index contributed by atoms with van der Waals surface area (Å²) in [5.41, 5.74) is 0. The van der Waals surface area contributed by atoms with Gasteiger partial charge in [-0.3, -0.25) is 9.89 Å². The van der Waals surface area contributed by atoms with E-state index in [1.165, 1.54) is 12.8 Å². The Morgan fingerprint density at radius 1 is 1.30 bits per heavy atom. The normalized spacial score (nSPS) is 34.5. The summed E-state index contributed by atoms with van der Waals surface area (Å²) in [6.45, 7) is 5.74. The molecule has 0 radical (unpaired) electrons. The summed E-state index contributed by atoms with van der Waals surface area (Å²) in [6.07, 6.45) is 4.40. The minimum atomic E-state index is 0.387. The molecule has 3 aliphatic rings. The molecule has 6 heteroatoms. The number of hydrogen-bond acceptors (Lipinski definition) is 4. The first-order valence-corrected chi connectivity index (χ1v) is 7.78. The monoisotopic (exact) mass is 282 g/mol. The topological polar surface area (TPSA) is 58.1 Å². The maximum atomic E-state index is 5.86. The average Bonchev–Trinajstić information content (AvgIpc) is 3.10. The Morgan fingerprint density at radius 3 is 2.80 bits per heavy atom. The third-order valence-electron chi connectivity index (χ3n) is 4.48. The average molecular weight is 282 g/mol. The molecule has 0 amide bonds. The van der Waals surface area contributed by atoms with E-state index in [4.69, 9.17) is 9.47 Å². The van der Waals surface area contributed by atoms with E-state index in [0.717, 1.165) is 51.8 Å². The first kappa shape index (κ1) is 14.1. The van der Waals surface area contributed by atoms with Crippen LogP contribution in [0.5, 0.6) is 0 Å². The van der Waals surface area contributed by atoms with Crippen LogP contribution in [0.25, 0.3) is 0 Å². The van der Waals surface area contributed by atoms with Gasteiger partial charge in [0.2, 0.25) is 0 Å². The molecule has 0 aliphatic carbocycles. The van der Waals surface area contributed by atoms with E-state index in [1.807, 2.05) is 7.05 Å². The Hall–Kier alpha value is -0.850. The molecule has 3 aliphatic heterocycles. The van der Waals surface area contributed by atoms with Crippen LogP contribution in [0, 0.1) is 0 Å². The molecule has 3 saturated heterocycles. The van der Waals surface area contributed by atoms with Gasteiger partial charge in [-0.05, 0) is 19.3 Å². The fourth-order valence-electron chi connectivity index (χ4n) is 3.32. The second kappa shape index (κ2) is 6.74. The van der Waals surface area contributed by atoms with Gasteiger partial charge in [0.05, 0.1) is 31.5 Å². The van der Waals surface area contributed by atoms with Crippen LogP contribution in [-0.4, -0.2) is 75.5 Å². The number of guanidine groups is 1. The van der Waals surface area contributed by atoms with Gasteiger partial charge >= 0.3 is 0 Å². The summed E-state index contributed by atoms with van der Waals surface area (Å²) in [7, 11) is 1.83. The van der Waals surface area contributed by atoms with Crippen molar-refractivity contribution < 1.29 is 9.47 Å². The van der Waals surface area contributed by atoms with Crippen LogP contribution in [0.4, 0.5) is 0 Å². The Balaban J connectivity index is 1.37. The summed E-state index contributed by atoms with van der Waals surface area (Å²) in [4.78, 5) is 6.73. The summed E-state index contributed by atoms with van der Waals surface area (Å²) in [5.74, 6) is 0.902. The number of hydrogen-bond donors (Lipinski definition) is 2. The highest BCUT2D eigenvalue weighted by Crippen LogP contribution is 2.34. The molecule has 3 rings (SSSR count). The van der Waals surface area contributed by atoms with Gasteiger partial charge in [-0.15, -0.1) is 0 Å². The van der Waals surface area contributed by atoms with Crippen LogP contribution in [-0.2, 0) is 9.47 Å². The first-order chi connectivity index (χ1) is 9.85. The maximum absolute atomic E-state index is 5.86. The lowest BCUT2D eigenvalue weighted by Crippen LogP contribution is -2.49. The van der Waals surface area contributed by atoms with Crippen LogP contribution in [0.15, 0.2) is 4.99 Å². The van der Waals surface area contributed by atoms with Crippen LogP contribution in [0.1, 0.15) is 19.3 Å². The molecule has 3 heterocycles. The molecular weight excluding hydrogens is 256 g/mol. The summed E-state index contributed by atoms with van der Waals surface area (Å²) >= 11 is 0. The minimum absolute atomic E-state index is 0.387. The predicted octanol–water partition coefficient (Wildman–Crippen LogP) is -0.196. The Labute approximate surface area is 120 Å². The molecule has 2 bridgehead atoms. The van der Waals surface area contributed by atoms with Crippen molar-refractivity contribution in [3.05, 3.63) is 0 Å².